The molecule has 7 aromatic rings. The molecule has 0 N–H and O–H groups in total. The third kappa shape index (κ3) is 6.34. The minimum absolute atomic E-state index is 0.650. The fraction of sp³-hybridized carbons (Fsp3) is 0.0714. The van der Waals surface area contributed by atoms with E-state index in [1.165, 1.54) is 21.9 Å². The van der Waals surface area contributed by atoms with E-state index in [1.54, 1.807) is 0 Å². The van der Waals surface area contributed by atoms with Gasteiger partial charge in [-0.3, -0.25) is 0 Å². The summed E-state index contributed by atoms with van der Waals surface area (Å²) in [5.41, 5.74) is 9.92. The molecule has 0 fully saturated rings. The summed E-state index contributed by atoms with van der Waals surface area (Å²) in [6.45, 7) is 7.15. The molecule has 0 amide bonds. The van der Waals surface area contributed by atoms with Crippen LogP contribution in [-0.4, -0.2) is 23.0 Å². The third-order valence-corrected chi connectivity index (χ3v) is 10.4. The summed E-state index contributed by atoms with van der Waals surface area (Å²) in [6, 6.07) is 55.3. The van der Waals surface area contributed by atoms with Crippen molar-refractivity contribution in [2.45, 2.75) is 19.6 Å². The van der Waals surface area contributed by atoms with Gasteiger partial charge in [0.25, 0.3) is 0 Å². The fourth-order valence-electron chi connectivity index (χ4n) is 5.67. The normalized spacial score (nSPS) is 11.4. The molecule has 0 radical (unpaired) electrons. The van der Waals surface area contributed by atoms with E-state index in [4.69, 9.17) is 15.0 Å². The highest BCUT2D eigenvalue weighted by atomic mass is 28.3. The van der Waals surface area contributed by atoms with E-state index in [2.05, 4.69) is 141 Å². The van der Waals surface area contributed by atoms with Crippen LogP contribution in [0.4, 0.5) is 0 Å². The minimum Gasteiger partial charge on any atom is -0.208 e. The molecule has 0 aliphatic heterocycles. The largest absolute Gasteiger partial charge is 0.208 e. The summed E-state index contributed by atoms with van der Waals surface area (Å²) in [5, 5.41) is 1.48. The maximum absolute atomic E-state index is 5.00. The van der Waals surface area contributed by atoms with Gasteiger partial charge in [-0.1, -0.05) is 170 Å². The first-order valence-electron chi connectivity index (χ1n) is 15.7. The molecule has 0 saturated carbocycles. The van der Waals surface area contributed by atoms with Crippen molar-refractivity contribution in [2.24, 2.45) is 0 Å². The quantitative estimate of drug-likeness (QED) is 0.169. The topological polar surface area (TPSA) is 38.7 Å². The zero-order valence-corrected chi connectivity index (χ0v) is 27.4. The highest BCUT2D eigenvalue weighted by Gasteiger charge is 2.16. The molecular formula is C42H35N3Si. The van der Waals surface area contributed by atoms with Gasteiger partial charge >= 0.3 is 0 Å². The van der Waals surface area contributed by atoms with Gasteiger partial charge in [0, 0.05) is 16.7 Å². The predicted molar refractivity (Wildman–Crippen MR) is 195 cm³/mol. The van der Waals surface area contributed by atoms with Crippen LogP contribution in [0.5, 0.6) is 0 Å². The summed E-state index contributed by atoms with van der Waals surface area (Å²) in [4.78, 5) is 14.9. The average Bonchev–Trinajstić information content (AvgIpc) is 3.12. The van der Waals surface area contributed by atoms with Crippen molar-refractivity contribution < 1.29 is 0 Å². The maximum atomic E-state index is 5.00. The Balaban J connectivity index is 1.23. The molecule has 7 rings (SSSR count). The molecule has 0 aliphatic rings. The number of hydrogen-bond donors (Lipinski definition) is 0. The monoisotopic (exact) mass is 609 g/mol. The van der Waals surface area contributed by atoms with Crippen molar-refractivity contribution in [3.8, 4) is 67.5 Å². The lowest BCUT2D eigenvalue weighted by atomic mass is 9.98. The average molecular weight is 610 g/mol. The smallest absolute Gasteiger partial charge is 0.164 e. The molecular weight excluding hydrogens is 575 g/mol. The number of aromatic nitrogens is 3. The van der Waals surface area contributed by atoms with Crippen molar-refractivity contribution >= 4 is 13.3 Å². The van der Waals surface area contributed by atoms with Crippen LogP contribution < -0.4 is 5.19 Å². The first kappa shape index (κ1) is 29.3. The highest BCUT2D eigenvalue weighted by Crippen LogP contribution is 2.31. The van der Waals surface area contributed by atoms with Crippen LogP contribution in [0.1, 0.15) is 0 Å². The van der Waals surface area contributed by atoms with E-state index < -0.39 is 8.07 Å². The van der Waals surface area contributed by atoms with E-state index in [-0.39, 0.29) is 0 Å². The van der Waals surface area contributed by atoms with Gasteiger partial charge < -0.3 is 0 Å². The van der Waals surface area contributed by atoms with Crippen molar-refractivity contribution in [1.29, 1.82) is 0 Å². The lowest BCUT2D eigenvalue weighted by Gasteiger charge is -2.17. The zero-order valence-electron chi connectivity index (χ0n) is 26.4. The maximum Gasteiger partial charge on any atom is 0.164 e. The molecule has 222 valence electrons. The predicted octanol–water partition coefficient (Wildman–Crippen LogP) is 10.4. The lowest BCUT2D eigenvalue weighted by Crippen LogP contribution is -2.37. The minimum atomic E-state index is -1.33. The van der Waals surface area contributed by atoms with E-state index in [0.29, 0.717) is 17.5 Å². The van der Waals surface area contributed by atoms with Gasteiger partial charge in [0.2, 0.25) is 0 Å². The van der Waals surface area contributed by atoms with Crippen LogP contribution in [0, 0.1) is 0 Å². The Kier molecular flexibility index (Phi) is 7.96. The second-order valence-corrected chi connectivity index (χ2v) is 17.7. The zero-order chi connectivity index (χ0) is 31.5. The van der Waals surface area contributed by atoms with Crippen LogP contribution in [0.2, 0.25) is 19.6 Å². The Bertz CT molecular complexity index is 2100. The summed E-state index contributed by atoms with van der Waals surface area (Å²) in [6.07, 6.45) is 0. The van der Waals surface area contributed by atoms with Gasteiger partial charge in [-0.05, 0) is 45.5 Å². The molecule has 4 heteroatoms. The highest BCUT2D eigenvalue weighted by molar-refractivity contribution is 6.88. The second kappa shape index (κ2) is 12.5. The molecule has 0 bridgehead atoms. The molecule has 0 unspecified atom stereocenters. The number of hydrogen-bond acceptors (Lipinski definition) is 3. The van der Waals surface area contributed by atoms with E-state index >= 15 is 0 Å². The molecule has 1 aromatic heterocycles. The molecule has 0 atom stereocenters. The van der Waals surface area contributed by atoms with Crippen molar-refractivity contribution in [1.82, 2.24) is 15.0 Å². The Hall–Kier alpha value is -5.45. The van der Waals surface area contributed by atoms with Gasteiger partial charge in [0.1, 0.15) is 0 Å². The Morgan fingerprint density at radius 1 is 0.304 bits per heavy atom. The Labute approximate surface area is 272 Å². The fourth-order valence-corrected chi connectivity index (χ4v) is 6.84. The van der Waals surface area contributed by atoms with Gasteiger partial charge in [0.15, 0.2) is 17.5 Å². The van der Waals surface area contributed by atoms with Crippen molar-refractivity contribution in [2.75, 3.05) is 0 Å². The van der Waals surface area contributed by atoms with E-state index in [9.17, 15) is 0 Å². The van der Waals surface area contributed by atoms with Crippen LogP contribution in [-0.2, 0) is 0 Å². The summed E-state index contributed by atoms with van der Waals surface area (Å²) in [7, 11) is -1.33. The standard InChI is InChI=1S/C42H35N3Si/c1-46(2,3)39-26-24-32(25-27-39)36-17-10-16-35(28-36)31-20-22-34(23-21-31)41-43-40(33-14-8-5-9-15-33)44-42(45-41)38-19-11-18-37(29-38)30-12-6-4-7-13-30/h4-29H,1-3H3. The Morgan fingerprint density at radius 3 is 1.13 bits per heavy atom. The van der Waals surface area contributed by atoms with Crippen molar-refractivity contribution in [3.05, 3.63) is 158 Å². The van der Waals surface area contributed by atoms with Crippen LogP contribution in [0.3, 0.4) is 0 Å². The Morgan fingerprint density at radius 2 is 0.630 bits per heavy atom. The number of nitrogens with zero attached hydrogens (tertiary/aromatic N) is 3. The molecule has 0 aliphatic carbocycles. The summed E-state index contributed by atoms with van der Waals surface area (Å²) < 4.78 is 0. The van der Waals surface area contributed by atoms with Gasteiger partial charge in [-0.2, -0.15) is 0 Å². The van der Waals surface area contributed by atoms with E-state index in [1.807, 2.05) is 36.4 Å². The summed E-state index contributed by atoms with van der Waals surface area (Å²) >= 11 is 0. The number of benzene rings is 6. The van der Waals surface area contributed by atoms with E-state index in [0.717, 1.165) is 33.4 Å². The van der Waals surface area contributed by atoms with Crippen LogP contribution >= 0.6 is 0 Å². The summed E-state index contributed by atoms with van der Waals surface area (Å²) in [5.74, 6) is 1.96. The first-order chi connectivity index (χ1) is 22.4. The van der Waals surface area contributed by atoms with Gasteiger partial charge in [0.05, 0.1) is 8.07 Å². The molecule has 1 heterocycles. The molecule has 0 saturated heterocycles. The van der Waals surface area contributed by atoms with Crippen molar-refractivity contribution in [3.63, 3.8) is 0 Å². The molecule has 0 spiro atoms. The lowest BCUT2D eigenvalue weighted by molar-refractivity contribution is 1.07. The molecule has 6 aromatic carbocycles. The molecule has 46 heavy (non-hydrogen) atoms. The third-order valence-electron chi connectivity index (χ3n) is 8.32. The SMILES string of the molecule is C[Si](C)(C)c1ccc(-c2cccc(-c3ccc(-c4nc(-c5ccccc5)nc(-c5cccc(-c6ccccc6)c5)n4)cc3)c2)cc1. The molecule has 3 nitrogen and oxygen atoms in total. The van der Waals surface area contributed by atoms with Gasteiger partial charge in [-0.15, -0.1) is 0 Å². The van der Waals surface area contributed by atoms with Gasteiger partial charge in [-0.25, -0.2) is 15.0 Å². The van der Waals surface area contributed by atoms with Crippen LogP contribution in [0.15, 0.2) is 158 Å². The number of rotatable bonds is 7. The van der Waals surface area contributed by atoms with Crippen LogP contribution in [0.25, 0.3) is 67.5 Å². The first-order valence-corrected chi connectivity index (χ1v) is 19.2. The second-order valence-electron chi connectivity index (χ2n) is 12.6.